The summed E-state index contributed by atoms with van der Waals surface area (Å²) in [5.74, 6) is 0.491. The number of nitrogens with two attached hydrogens (primary N) is 1. The molecule has 1 aliphatic rings. The number of rotatable bonds is 4. The minimum atomic E-state index is -0.436. The van der Waals surface area contributed by atoms with Crippen LogP contribution in [0.3, 0.4) is 0 Å². The number of nitrogens with zero attached hydrogens (tertiary/aromatic N) is 2. The van der Waals surface area contributed by atoms with Crippen molar-refractivity contribution in [2.75, 3.05) is 11.9 Å². The van der Waals surface area contributed by atoms with Crippen LogP contribution in [-0.4, -0.2) is 34.4 Å². The van der Waals surface area contributed by atoms with Crippen LogP contribution in [0, 0.1) is 6.92 Å². The molecule has 2 atom stereocenters. The monoisotopic (exact) mass is 336 g/mol. The first kappa shape index (κ1) is 17.5. The number of halogens is 1. The molecule has 0 aliphatic carbocycles. The number of hydrogen-bond acceptors (Lipinski definition) is 4. The number of carbonyl (C=O) groups is 1. The summed E-state index contributed by atoms with van der Waals surface area (Å²) in [4.78, 5) is 12.3. The molecule has 2 aromatic rings. The topological polar surface area (TPSA) is 82.2 Å². The Hall–Kier alpha value is -1.89. The number of anilines is 1. The van der Waals surface area contributed by atoms with Crippen molar-refractivity contribution in [1.29, 1.82) is 0 Å². The Morgan fingerprint density at radius 3 is 2.87 bits per heavy atom. The zero-order valence-corrected chi connectivity index (χ0v) is 13.8. The van der Waals surface area contributed by atoms with Gasteiger partial charge in [-0.1, -0.05) is 18.2 Å². The minimum absolute atomic E-state index is 0. The van der Waals surface area contributed by atoms with E-state index in [1.54, 1.807) is 16.9 Å². The minimum Gasteiger partial charge on any atom is -0.364 e. The van der Waals surface area contributed by atoms with Crippen molar-refractivity contribution in [3.63, 3.8) is 0 Å². The summed E-state index contributed by atoms with van der Waals surface area (Å²) < 4.78 is 7.35. The molecule has 1 amide bonds. The maximum Gasteiger partial charge on any atom is 0.254 e. The van der Waals surface area contributed by atoms with Gasteiger partial charge in [-0.05, 0) is 31.4 Å². The fourth-order valence-electron chi connectivity index (χ4n) is 2.67. The van der Waals surface area contributed by atoms with Crippen molar-refractivity contribution in [2.45, 2.75) is 32.0 Å². The largest absolute Gasteiger partial charge is 0.364 e. The van der Waals surface area contributed by atoms with E-state index in [0.29, 0.717) is 18.8 Å². The van der Waals surface area contributed by atoms with E-state index in [0.717, 1.165) is 17.7 Å². The molecule has 6 nitrogen and oxygen atoms in total. The lowest BCUT2D eigenvalue weighted by molar-refractivity contribution is -0.126. The van der Waals surface area contributed by atoms with Gasteiger partial charge in [0.25, 0.3) is 5.91 Å². The molecule has 0 spiro atoms. The molecule has 7 heteroatoms. The summed E-state index contributed by atoms with van der Waals surface area (Å²) >= 11 is 0. The number of benzene rings is 1. The van der Waals surface area contributed by atoms with Gasteiger partial charge < -0.3 is 15.8 Å². The average molecular weight is 337 g/mol. The van der Waals surface area contributed by atoms with Crippen LogP contribution in [0.4, 0.5) is 5.82 Å². The molecule has 1 aromatic carbocycles. The van der Waals surface area contributed by atoms with E-state index in [9.17, 15) is 4.79 Å². The van der Waals surface area contributed by atoms with Crippen molar-refractivity contribution < 1.29 is 9.53 Å². The number of hydrogen-bond donors (Lipinski definition) is 2. The van der Waals surface area contributed by atoms with Gasteiger partial charge in [0.1, 0.15) is 11.9 Å². The Morgan fingerprint density at radius 1 is 1.39 bits per heavy atom. The van der Waals surface area contributed by atoms with Crippen molar-refractivity contribution in [3.05, 3.63) is 42.1 Å². The van der Waals surface area contributed by atoms with E-state index in [1.807, 2.05) is 31.2 Å². The van der Waals surface area contributed by atoms with E-state index in [-0.39, 0.29) is 24.4 Å². The number of para-hydroxylation sites is 1. The normalized spacial score (nSPS) is 20.1. The molecule has 1 aromatic heterocycles. The number of carbonyl (C=O) groups excluding carboxylic acids is 1. The Bertz CT molecular complexity index is 674. The number of nitrogens with one attached hydrogen (secondary N) is 1. The molecule has 0 radical (unpaired) electrons. The van der Waals surface area contributed by atoms with Gasteiger partial charge in [-0.25, -0.2) is 4.68 Å². The Balaban J connectivity index is 0.00000192. The zero-order valence-electron chi connectivity index (χ0n) is 12.9. The number of ether oxygens (including phenoxy) is 1. The molecule has 0 bridgehead atoms. The predicted molar refractivity (Wildman–Crippen MR) is 91.1 cm³/mol. The van der Waals surface area contributed by atoms with Crippen LogP contribution in [0.5, 0.6) is 0 Å². The van der Waals surface area contributed by atoms with E-state index in [4.69, 9.17) is 10.5 Å². The Kier molecular flexibility index (Phi) is 5.76. The van der Waals surface area contributed by atoms with E-state index in [2.05, 4.69) is 10.4 Å². The van der Waals surface area contributed by atoms with Gasteiger partial charge in [0.15, 0.2) is 0 Å². The van der Waals surface area contributed by atoms with Gasteiger partial charge >= 0.3 is 0 Å². The van der Waals surface area contributed by atoms with Gasteiger partial charge in [-0.3, -0.25) is 4.79 Å². The average Bonchev–Trinajstić information content (AvgIpc) is 3.16. The molecule has 3 rings (SSSR count). The first-order valence-corrected chi connectivity index (χ1v) is 7.45. The number of amides is 1. The van der Waals surface area contributed by atoms with Crippen LogP contribution in [0.15, 0.2) is 36.5 Å². The van der Waals surface area contributed by atoms with Crippen LogP contribution in [0.25, 0.3) is 5.69 Å². The molecule has 2 heterocycles. The third-order valence-corrected chi connectivity index (χ3v) is 3.90. The molecule has 1 aliphatic heterocycles. The SMILES string of the molecule is Cc1ccccc1-n1nccc1NC(=O)[C@@H]1CC[C@H](CN)O1.Cl. The second-order valence-electron chi connectivity index (χ2n) is 5.46. The quantitative estimate of drug-likeness (QED) is 0.895. The lowest BCUT2D eigenvalue weighted by atomic mass is 10.2. The van der Waals surface area contributed by atoms with Crippen LogP contribution < -0.4 is 11.1 Å². The van der Waals surface area contributed by atoms with Crippen molar-refractivity contribution in [3.8, 4) is 5.69 Å². The highest BCUT2D eigenvalue weighted by Crippen LogP contribution is 2.22. The van der Waals surface area contributed by atoms with E-state index < -0.39 is 6.10 Å². The lowest BCUT2D eigenvalue weighted by Crippen LogP contribution is -2.30. The standard InChI is InChI=1S/C16H20N4O2.ClH/c1-11-4-2-3-5-13(11)20-15(8-9-18-20)19-16(21)14-7-6-12(10-17)22-14;/h2-5,8-9,12,14H,6-7,10,17H2,1H3,(H,19,21);1H/t12-,14+;/m1./s1. The maximum absolute atomic E-state index is 12.3. The van der Waals surface area contributed by atoms with Crippen molar-refractivity contribution in [2.24, 2.45) is 5.73 Å². The zero-order chi connectivity index (χ0) is 15.5. The van der Waals surface area contributed by atoms with Crippen LogP contribution in [-0.2, 0) is 9.53 Å². The molecular formula is C16H21ClN4O2. The third kappa shape index (κ3) is 3.72. The first-order valence-electron chi connectivity index (χ1n) is 7.45. The highest BCUT2D eigenvalue weighted by Gasteiger charge is 2.30. The molecule has 0 saturated carbocycles. The van der Waals surface area contributed by atoms with Crippen LogP contribution in [0.1, 0.15) is 18.4 Å². The van der Waals surface area contributed by atoms with Gasteiger partial charge in [0.05, 0.1) is 18.0 Å². The number of aromatic nitrogens is 2. The molecule has 1 saturated heterocycles. The summed E-state index contributed by atoms with van der Waals surface area (Å²) in [6.45, 7) is 2.46. The maximum atomic E-state index is 12.3. The Morgan fingerprint density at radius 2 is 2.17 bits per heavy atom. The highest BCUT2D eigenvalue weighted by molar-refractivity contribution is 5.93. The molecule has 3 N–H and O–H groups in total. The summed E-state index contributed by atoms with van der Waals surface area (Å²) in [6, 6.07) is 9.67. The first-order chi connectivity index (χ1) is 10.7. The smallest absolute Gasteiger partial charge is 0.254 e. The second kappa shape index (κ2) is 7.59. The molecule has 1 fully saturated rings. The molecule has 124 valence electrons. The summed E-state index contributed by atoms with van der Waals surface area (Å²) in [5.41, 5.74) is 7.60. The van der Waals surface area contributed by atoms with Gasteiger partial charge in [-0.15, -0.1) is 12.4 Å². The number of aryl methyl sites for hydroxylation is 1. The van der Waals surface area contributed by atoms with Crippen molar-refractivity contribution in [1.82, 2.24) is 9.78 Å². The highest BCUT2D eigenvalue weighted by atomic mass is 35.5. The second-order valence-corrected chi connectivity index (χ2v) is 5.46. The fourth-order valence-corrected chi connectivity index (χ4v) is 2.67. The summed E-state index contributed by atoms with van der Waals surface area (Å²) in [6.07, 6.45) is 2.74. The fraction of sp³-hybridized carbons (Fsp3) is 0.375. The molecular weight excluding hydrogens is 316 g/mol. The van der Waals surface area contributed by atoms with Crippen LogP contribution >= 0.6 is 12.4 Å². The predicted octanol–water partition coefficient (Wildman–Crippen LogP) is 2.05. The van der Waals surface area contributed by atoms with E-state index in [1.165, 1.54) is 0 Å². The third-order valence-electron chi connectivity index (χ3n) is 3.90. The van der Waals surface area contributed by atoms with Crippen LogP contribution in [0.2, 0.25) is 0 Å². The Labute approximate surface area is 141 Å². The summed E-state index contributed by atoms with van der Waals surface area (Å²) in [5, 5.41) is 7.20. The van der Waals surface area contributed by atoms with Gasteiger partial charge in [0, 0.05) is 12.6 Å². The lowest BCUT2D eigenvalue weighted by Gasteiger charge is -2.14. The van der Waals surface area contributed by atoms with Gasteiger partial charge in [0.2, 0.25) is 0 Å². The van der Waals surface area contributed by atoms with E-state index >= 15 is 0 Å². The van der Waals surface area contributed by atoms with Crippen molar-refractivity contribution >= 4 is 24.1 Å². The molecule has 0 unspecified atom stereocenters. The summed E-state index contributed by atoms with van der Waals surface area (Å²) in [7, 11) is 0. The molecule has 23 heavy (non-hydrogen) atoms. The van der Waals surface area contributed by atoms with Gasteiger partial charge in [-0.2, -0.15) is 5.10 Å².